The largest absolute Gasteiger partial charge is 0.379 e. The quantitative estimate of drug-likeness (QED) is 0.520. The highest BCUT2D eigenvalue weighted by Crippen LogP contribution is 2.11. The van der Waals surface area contributed by atoms with Crippen molar-refractivity contribution < 1.29 is 18.9 Å². The summed E-state index contributed by atoms with van der Waals surface area (Å²) in [4.78, 5) is 0. The lowest BCUT2D eigenvalue weighted by atomic mass is 10.4. The number of nitrogens with zero attached hydrogens (tertiary/aromatic N) is 2. The van der Waals surface area contributed by atoms with Gasteiger partial charge in [0.25, 0.3) is 0 Å². The minimum atomic E-state index is 0.420. The lowest BCUT2D eigenvalue weighted by Crippen LogP contribution is -2.12. The molecule has 7 nitrogen and oxygen atoms in total. The van der Waals surface area contributed by atoms with Crippen LogP contribution in [0, 0.1) is 0 Å². The molecule has 0 aliphatic carbocycles. The molecule has 0 radical (unpaired) electrons. The fraction of sp³-hybridized carbons (Fsp3) is 0.846. The van der Waals surface area contributed by atoms with Gasteiger partial charge in [0.1, 0.15) is 11.6 Å². The van der Waals surface area contributed by atoms with Crippen molar-refractivity contribution in [2.24, 2.45) is 0 Å². The van der Waals surface area contributed by atoms with E-state index in [4.69, 9.17) is 24.7 Å². The predicted octanol–water partition coefficient (Wildman–Crippen LogP) is 1.49. The summed E-state index contributed by atoms with van der Waals surface area (Å²) >= 11 is 1.33. The SMILES string of the molecule is CCCCOCCOCCOCCOCc1nnc(N)s1. The normalized spacial score (nSPS) is 11.1. The van der Waals surface area contributed by atoms with Crippen LogP contribution < -0.4 is 5.73 Å². The molecule has 0 unspecified atom stereocenters. The van der Waals surface area contributed by atoms with Crippen molar-refractivity contribution in [3.63, 3.8) is 0 Å². The molecule has 1 heterocycles. The summed E-state index contributed by atoms with van der Waals surface area (Å²) in [6.07, 6.45) is 2.26. The van der Waals surface area contributed by atoms with E-state index in [0.717, 1.165) is 24.5 Å². The number of hydrogen-bond donors (Lipinski definition) is 1. The van der Waals surface area contributed by atoms with E-state index >= 15 is 0 Å². The van der Waals surface area contributed by atoms with Crippen molar-refractivity contribution in [3.05, 3.63) is 5.01 Å². The molecule has 0 saturated carbocycles. The minimum absolute atomic E-state index is 0.420. The zero-order chi connectivity index (χ0) is 15.2. The summed E-state index contributed by atoms with van der Waals surface area (Å²) in [7, 11) is 0. The Balaban J connectivity index is 1.74. The highest BCUT2D eigenvalue weighted by atomic mass is 32.1. The molecule has 2 N–H and O–H groups in total. The molecule has 21 heavy (non-hydrogen) atoms. The molecule has 0 spiro atoms. The highest BCUT2D eigenvalue weighted by Gasteiger charge is 2.00. The number of ether oxygens (including phenoxy) is 4. The van der Waals surface area contributed by atoms with Gasteiger partial charge < -0.3 is 24.7 Å². The van der Waals surface area contributed by atoms with E-state index in [1.807, 2.05) is 0 Å². The van der Waals surface area contributed by atoms with Crippen LogP contribution in [-0.4, -0.2) is 56.4 Å². The lowest BCUT2D eigenvalue weighted by molar-refractivity contribution is -0.00436. The standard InChI is InChI=1S/C13H25N3O4S/c1-2-3-4-17-5-6-18-7-8-19-9-10-20-11-12-15-16-13(14)21-12/h2-11H2,1H3,(H2,14,16). The van der Waals surface area contributed by atoms with Gasteiger partial charge in [-0.3, -0.25) is 0 Å². The molecule has 0 fully saturated rings. The second kappa shape index (κ2) is 12.9. The van der Waals surface area contributed by atoms with Crippen LogP contribution in [0.1, 0.15) is 24.8 Å². The van der Waals surface area contributed by atoms with Crippen molar-refractivity contribution in [1.29, 1.82) is 0 Å². The molecule has 1 aromatic heterocycles. The van der Waals surface area contributed by atoms with Gasteiger partial charge in [0, 0.05) is 6.61 Å². The van der Waals surface area contributed by atoms with E-state index in [1.165, 1.54) is 11.3 Å². The fourth-order valence-corrected chi connectivity index (χ4v) is 1.94. The third-order valence-corrected chi connectivity index (χ3v) is 3.19. The van der Waals surface area contributed by atoms with E-state index in [2.05, 4.69) is 17.1 Å². The number of rotatable bonds is 14. The van der Waals surface area contributed by atoms with Gasteiger partial charge in [-0.2, -0.15) is 0 Å². The topological polar surface area (TPSA) is 88.7 Å². The molecular weight excluding hydrogens is 294 g/mol. The molecule has 0 bridgehead atoms. The second-order valence-electron chi connectivity index (χ2n) is 4.28. The summed E-state index contributed by atoms with van der Waals surface area (Å²) in [5, 5.41) is 8.80. The van der Waals surface area contributed by atoms with Gasteiger partial charge in [-0.05, 0) is 6.42 Å². The second-order valence-corrected chi connectivity index (χ2v) is 5.37. The van der Waals surface area contributed by atoms with Gasteiger partial charge in [-0.15, -0.1) is 10.2 Å². The Morgan fingerprint density at radius 1 is 0.857 bits per heavy atom. The van der Waals surface area contributed by atoms with Crippen LogP contribution in [0.5, 0.6) is 0 Å². The van der Waals surface area contributed by atoms with Crippen LogP contribution in [0.2, 0.25) is 0 Å². The number of unbranched alkanes of at least 4 members (excludes halogenated alkanes) is 1. The first-order chi connectivity index (χ1) is 10.3. The summed E-state index contributed by atoms with van der Waals surface area (Å²) in [5.41, 5.74) is 5.46. The minimum Gasteiger partial charge on any atom is -0.379 e. The number of nitrogen functional groups attached to an aromatic ring is 1. The molecule has 0 atom stereocenters. The van der Waals surface area contributed by atoms with Gasteiger partial charge in [0.15, 0.2) is 0 Å². The average Bonchev–Trinajstić information content (AvgIpc) is 2.89. The van der Waals surface area contributed by atoms with Crippen molar-refractivity contribution in [3.8, 4) is 0 Å². The Hall–Kier alpha value is -0.800. The average molecular weight is 319 g/mol. The Kier molecular flexibility index (Phi) is 11.2. The van der Waals surface area contributed by atoms with Crippen molar-refractivity contribution in [1.82, 2.24) is 10.2 Å². The van der Waals surface area contributed by atoms with Gasteiger partial charge in [0.2, 0.25) is 5.13 Å². The monoisotopic (exact) mass is 319 g/mol. The van der Waals surface area contributed by atoms with E-state index in [-0.39, 0.29) is 0 Å². The number of nitrogens with two attached hydrogens (primary N) is 1. The Morgan fingerprint density at radius 2 is 1.43 bits per heavy atom. The van der Waals surface area contributed by atoms with Crippen LogP contribution in [0.3, 0.4) is 0 Å². The molecular formula is C13H25N3O4S. The zero-order valence-electron chi connectivity index (χ0n) is 12.6. The van der Waals surface area contributed by atoms with Crippen LogP contribution in [0.25, 0.3) is 0 Å². The van der Waals surface area contributed by atoms with E-state index in [0.29, 0.717) is 51.4 Å². The Labute approximate surface area is 129 Å². The summed E-state index contributed by atoms with van der Waals surface area (Å²) in [6, 6.07) is 0. The van der Waals surface area contributed by atoms with Crippen LogP contribution in [-0.2, 0) is 25.6 Å². The zero-order valence-corrected chi connectivity index (χ0v) is 13.4. The Bertz CT molecular complexity index is 352. The first kappa shape index (κ1) is 18.2. The van der Waals surface area contributed by atoms with E-state index < -0.39 is 0 Å². The molecule has 0 aliphatic rings. The maximum atomic E-state index is 5.46. The molecule has 0 saturated heterocycles. The van der Waals surface area contributed by atoms with Crippen LogP contribution >= 0.6 is 11.3 Å². The fourth-order valence-electron chi connectivity index (χ4n) is 1.39. The number of aromatic nitrogens is 2. The summed E-state index contributed by atoms with van der Waals surface area (Å²) < 4.78 is 21.5. The molecule has 0 aromatic carbocycles. The molecule has 0 amide bonds. The molecule has 0 aliphatic heterocycles. The summed E-state index contributed by atoms with van der Waals surface area (Å²) in [6.45, 7) is 6.82. The first-order valence-corrected chi connectivity index (χ1v) is 8.03. The molecule has 1 aromatic rings. The molecule has 8 heteroatoms. The van der Waals surface area contributed by atoms with Crippen LogP contribution in [0.4, 0.5) is 5.13 Å². The maximum absolute atomic E-state index is 5.46. The third-order valence-electron chi connectivity index (χ3n) is 2.47. The van der Waals surface area contributed by atoms with Gasteiger partial charge >= 0.3 is 0 Å². The highest BCUT2D eigenvalue weighted by molar-refractivity contribution is 7.15. The van der Waals surface area contributed by atoms with Crippen molar-refractivity contribution in [2.75, 3.05) is 52.0 Å². The molecule has 122 valence electrons. The van der Waals surface area contributed by atoms with Crippen molar-refractivity contribution in [2.45, 2.75) is 26.4 Å². The van der Waals surface area contributed by atoms with Gasteiger partial charge in [-0.1, -0.05) is 24.7 Å². The van der Waals surface area contributed by atoms with Crippen molar-refractivity contribution >= 4 is 16.5 Å². The number of hydrogen-bond acceptors (Lipinski definition) is 8. The first-order valence-electron chi connectivity index (χ1n) is 7.21. The number of anilines is 1. The third kappa shape index (κ3) is 10.6. The Morgan fingerprint density at radius 3 is 1.95 bits per heavy atom. The smallest absolute Gasteiger partial charge is 0.203 e. The van der Waals surface area contributed by atoms with E-state index in [1.54, 1.807) is 0 Å². The van der Waals surface area contributed by atoms with Crippen LogP contribution in [0.15, 0.2) is 0 Å². The predicted molar refractivity (Wildman–Crippen MR) is 81.3 cm³/mol. The maximum Gasteiger partial charge on any atom is 0.203 e. The molecule has 1 rings (SSSR count). The lowest BCUT2D eigenvalue weighted by Gasteiger charge is -2.06. The van der Waals surface area contributed by atoms with Gasteiger partial charge in [-0.25, -0.2) is 0 Å². The van der Waals surface area contributed by atoms with E-state index in [9.17, 15) is 0 Å². The summed E-state index contributed by atoms with van der Waals surface area (Å²) in [5.74, 6) is 0. The van der Waals surface area contributed by atoms with Gasteiger partial charge in [0.05, 0.1) is 39.6 Å².